The molecule has 1 aliphatic rings. The van der Waals surface area contributed by atoms with Gasteiger partial charge in [0, 0.05) is 6.04 Å². The van der Waals surface area contributed by atoms with Crippen LogP contribution in [0, 0.1) is 11.8 Å². The van der Waals surface area contributed by atoms with Crippen LogP contribution in [0.5, 0.6) is 0 Å². The van der Waals surface area contributed by atoms with E-state index in [4.69, 9.17) is 10.5 Å². The molecule has 102 valence electrons. The molecule has 0 heterocycles. The first kappa shape index (κ1) is 14.8. The van der Waals surface area contributed by atoms with Gasteiger partial charge in [0.15, 0.2) is 6.10 Å². The summed E-state index contributed by atoms with van der Waals surface area (Å²) in [4.78, 5) is 0. The highest BCUT2D eigenvalue weighted by molar-refractivity contribution is 4.78. The summed E-state index contributed by atoms with van der Waals surface area (Å²) >= 11 is 0. The smallest absolute Gasteiger partial charge is 0.367 e. The van der Waals surface area contributed by atoms with E-state index in [1.54, 1.807) is 0 Å². The Bertz CT molecular complexity index is 230. The van der Waals surface area contributed by atoms with Gasteiger partial charge in [-0.1, -0.05) is 19.8 Å². The second-order valence-electron chi connectivity index (χ2n) is 5.29. The fourth-order valence-corrected chi connectivity index (χ4v) is 2.50. The summed E-state index contributed by atoms with van der Waals surface area (Å²) < 4.78 is 42.8. The van der Waals surface area contributed by atoms with E-state index in [2.05, 4.69) is 6.92 Å². The van der Waals surface area contributed by atoms with Crippen molar-refractivity contribution in [2.75, 3.05) is 6.61 Å². The topological polar surface area (TPSA) is 35.2 Å². The van der Waals surface area contributed by atoms with Crippen LogP contribution in [0.2, 0.25) is 0 Å². The SMILES string of the molecule is CC1CCCC(COC(C(C)N)C(F)(F)F)C1. The fraction of sp³-hybridized carbons (Fsp3) is 1.00. The van der Waals surface area contributed by atoms with Gasteiger partial charge in [0.2, 0.25) is 0 Å². The Morgan fingerprint density at radius 3 is 2.47 bits per heavy atom. The van der Waals surface area contributed by atoms with Gasteiger partial charge in [-0.15, -0.1) is 0 Å². The van der Waals surface area contributed by atoms with E-state index < -0.39 is 18.3 Å². The van der Waals surface area contributed by atoms with Crippen molar-refractivity contribution in [3.8, 4) is 0 Å². The first-order valence-electron chi connectivity index (χ1n) is 6.24. The maximum absolute atomic E-state index is 12.6. The summed E-state index contributed by atoms with van der Waals surface area (Å²) in [6.45, 7) is 3.65. The number of hydrogen-bond donors (Lipinski definition) is 1. The highest BCUT2D eigenvalue weighted by atomic mass is 19.4. The molecule has 4 atom stereocenters. The first-order valence-corrected chi connectivity index (χ1v) is 6.24. The summed E-state index contributed by atoms with van der Waals surface area (Å²) in [5.41, 5.74) is 5.32. The minimum absolute atomic E-state index is 0.177. The molecule has 17 heavy (non-hydrogen) atoms. The van der Waals surface area contributed by atoms with Gasteiger partial charge in [-0.05, 0) is 31.6 Å². The Labute approximate surface area is 101 Å². The molecule has 0 aromatic carbocycles. The van der Waals surface area contributed by atoms with Crippen molar-refractivity contribution in [2.24, 2.45) is 17.6 Å². The molecule has 4 unspecified atom stereocenters. The third-order valence-corrected chi connectivity index (χ3v) is 3.36. The molecule has 1 fully saturated rings. The highest BCUT2D eigenvalue weighted by Crippen LogP contribution is 2.31. The van der Waals surface area contributed by atoms with Crippen LogP contribution in [0.4, 0.5) is 13.2 Å². The summed E-state index contributed by atoms with van der Waals surface area (Å²) in [6, 6.07) is -1.02. The Kier molecular flexibility index (Phi) is 5.25. The van der Waals surface area contributed by atoms with E-state index in [0.717, 1.165) is 19.3 Å². The predicted octanol–water partition coefficient (Wildman–Crippen LogP) is 3.11. The van der Waals surface area contributed by atoms with Crippen LogP contribution < -0.4 is 5.73 Å². The van der Waals surface area contributed by atoms with Crippen molar-refractivity contribution >= 4 is 0 Å². The van der Waals surface area contributed by atoms with Gasteiger partial charge in [-0.3, -0.25) is 0 Å². The van der Waals surface area contributed by atoms with E-state index in [9.17, 15) is 13.2 Å². The molecule has 0 bridgehead atoms. The standard InChI is InChI=1S/C12H22F3NO/c1-8-4-3-5-10(6-8)7-17-11(9(2)16)12(13,14)15/h8-11H,3-7,16H2,1-2H3. The normalized spacial score (nSPS) is 30.0. The third-order valence-electron chi connectivity index (χ3n) is 3.36. The Hall–Kier alpha value is -0.290. The largest absolute Gasteiger partial charge is 0.416 e. The maximum atomic E-state index is 12.6. The first-order chi connectivity index (χ1) is 7.80. The molecule has 2 N–H and O–H groups in total. The number of hydrogen-bond acceptors (Lipinski definition) is 2. The molecule has 1 rings (SSSR count). The van der Waals surface area contributed by atoms with Gasteiger partial charge in [0.05, 0.1) is 6.61 Å². The van der Waals surface area contributed by atoms with Crippen LogP contribution >= 0.6 is 0 Å². The van der Waals surface area contributed by atoms with Crippen molar-refractivity contribution in [1.82, 2.24) is 0 Å². The van der Waals surface area contributed by atoms with Crippen LogP contribution in [-0.4, -0.2) is 24.9 Å². The van der Waals surface area contributed by atoms with Crippen LogP contribution in [-0.2, 0) is 4.74 Å². The quantitative estimate of drug-likeness (QED) is 0.835. The predicted molar refractivity (Wildman–Crippen MR) is 60.6 cm³/mol. The van der Waals surface area contributed by atoms with Gasteiger partial charge >= 0.3 is 6.18 Å². The van der Waals surface area contributed by atoms with Crippen molar-refractivity contribution in [1.29, 1.82) is 0 Å². The zero-order chi connectivity index (χ0) is 13.1. The average molecular weight is 253 g/mol. The Morgan fingerprint density at radius 2 is 2.00 bits per heavy atom. The van der Waals surface area contributed by atoms with Crippen molar-refractivity contribution in [2.45, 2.75) is 57.9 Å². The molecular formula is C12H22F3NO. The van der Waals surface area contributed by atoms with E-state index in [1.165, 1.54) is 13.3 Å². The molecule has 0 spiro atoms. The number of ether oxygens (including phenoxy) is 1. The average Bonchev–Trinajstić information content (AvgIpc) is 2.15. The molecule has 5 heteroatoms. The monoisotopic (exact) mass is 253 g/mol. The Morgan fingerprint density at radius 1 is 1.35 bits per heavy atom. The van der Waals surface area contributed by atoms with Gasteiger partial charge in [-0.2, -0.15) is 13.2 Å². The van der Waals surface area contributed by atoms with Gasteiger partial charge < -0.3 is 10.5 Å². The summed E-state index contributed by atoms with van der Waals surface area (Å²) in [7, 11) is 0. The molecule has 0 amide bonds. The number of nitrogens with two attached hydrogens (primary N) is 1. The minimum atomic E-state index is -4.37. The van der Waals surface area contributed by atoms with Crippen molar-refractivity contribution < 1.29 is 17.9 Å². The molecule has 0 saturated heterocycles. The Balaban J connectivity index is 2.41. The lowest BCUT2D eigenvalue weighted by Gasteiger charge is -2.30. The highest BCUT2D eigenvalue weighted by Gasteiger charge is 2.43. The van der Waals surface area contributed by atoms with Gasteiger partial charge in [0.25, 0.3) is 0 Å². The lowest BCUT2D eigenvalue weighted by atomic mass is 9.83. The summed E-state index contributed by atoms with van der Waals surface area (Å²) in [5.74, 6) is 0.847. The van der Waals surface area contributed by atoms with E-state index in [-0.39, 0.29) is 12.5 Å². The van der Waals surface area contributed by atoms with Crippen molar-refractivity contribution in [3.05, 3.63) is 0 Å². The van der Waals surface area contributed by atoms with Crippen LogP contribution in [0.15, 0.2) is 0 Å². The summed E-state index contributed by atoms with van der Waals surface area (Å²) in [6.07, 6.45) is -2.01. The molecule has 0 aromatic heterocycles. The molecule has 2 nitrogen and oxygen atoms in total. The van der Waals surface area contributed by atoms with Crippen LogP contribution in [0.25, 0.3) is 0 Å². The molecular weight excluding hydrogens is 231 g/mol. The summed E-state index contributed by atoms with van der Waals surface area (Å²) in [5, 5.41) is 0. The molecule has 1 aliphatic carbocycles. The zero-order valence-corrected chi connectivity index (χ0v) is 10.5. The van der Waals surface area contributed by atoms with Gasteiger partial charge in [0.1, 0.15) is 0 Å². The van der Waals surface area contributed by atoms with Gasteiger partial charge in [-0.25, -0.2) is 0 Å². The molecule has 0 aliphatic heterocycles. The second kappa shape index (κ2) is 6.05. The number of alkyl halides is 3. The maximum Gasteiger partial charge on any atom is 0.416 e. The lowest BCUT2D eigenvalue weighted by Crippen LogP contribution is -2.46. The molecule has 0 aromatic rings. The van der Waals surface area contributed by atoms with E-state index in [0.29, 0.717) is 5.92 Å². The van der Waals surface area contributed by atoms with Crippen molar-refractivity contribution in [3.63, 3.8) is 0 Å². The number of rotatable bonds is 4. The van der Waals surface area contributed by atoms with Crippen LogP contribution in [0.3, 0.4) is 0 Å². The third kappa shape index (κ3) is 4.84. The van der Waals surface area contributed by atoms with Crippen LogP contribution in [0.1, 0.15) is 39.5 Å². The number of halogens is 3. The van der Waals surface area contributed by atoms with E-state index in [1.807, 2.05) is 0 Å². The lowest BCUT2D eigenvalue weighted by molar-refractivity contribution is -0.228. The fourth-order valence-electron chi connectivity index (χ4n) is 2.50. The van der Waals surface area contributed by atoms with E-state index >= 15 is 0 Å². The minimum Gasteiger partial charge on any atom is -0.367 e. The molecule has 0 radical (unpaired) electrons. The molecule has 1 saturated carbocycles. The second-order valence-corrected chi connectivity index (χ2v) is 5.29. The zero-order valence-electron chi connectivity index (χ0n) is 10.5.